The highest BCUT2D eigenvalue weighted by atomic mass is 35.5. The highest BCUT2D eigenvalue weighted by Crippen LogP contribution is 2.32. The van der Waals surface area contributed by atoms with Gasteiger partial charge < -0.3 is 14.6 Å². The van der Waals surface area contributed by atoms with Gasteiger partial charge in [-0.2, -0.15) is 0 Å². The number of para-hydroxylation sites is 2. The number of hydrogen-bond acceptors (Lipinski definition) is 5. The van der Waals surface area contributed by atoms with Gasteiger partial charge in [0.2, 0.25) is 11.5 Å². The van der Waals surface area contributed by atoms with Crippen LogP contribution in [-0.2, 0) is 11.3 Å². The Hall–Kier alpha value is -3.32. The van der Waals surface area contributed by atoms with E-state index in [1.165, 1.54) is 10.9 Å². The van der Waals surface area contributed by atoms with E-state index >= 15 is 0 Å². The molecule has 2 aromatic carbocycles. The zero-order valence-electron chi connectivity index (χ0n) is 15.3. The van der Waals surface area contributed by atoms with Crippen molar-refractivity contribution in [2.24, 2.45) is 0 Å². The Morgan fingerprint density at radius 3 is 2.79 bits per heavy atom. The van der Waals surface area contributed by atoms with Crippen LogP contribution in [0.1, 0.15) is 0 Å². The van der Waals surface area contributed by atoms with Gasteiger partial charge in [0.15, 0.2) is 0 Å². The molecule has 1 amide bonds. The van der Waals surface area contributed by atoms with Crippen LogP contribution in [0.3, 0.4) is 0 Å². The van der Waals surface area contributed by atoms with Gasteiger partial charge in [0.05, 0.1) is 22.7 Å². The van der Waals surface area contributed by atoms with Crippen molar-refractivity contribution in [3.63, 3.8) is 0 Å². The number of amides is 1. The number of nitrogens with one attached hydrogen (secondary N) is 1. The second-order valence-corrected chi connectivity index (χ2v) is 6.94. The van der Waals surface area contributed by atoms with Crippen molar-refractivity contribution >= 4 is 51.0 Å². The molecule has 4 rings (SSSR count). The molecule has 0 saturated heterocycles. The maximum atomic E-state index is 12.7. The summed E-state index contributed by atoms with van der Waals surface area (Å²) < 4.78 is 6.86. The van der Waals surface area contributed by atoms with Crippen LogP contribution in [0.15, 0.2) is 58.0 Å². The lowest BCUT2D eigenvalue weighted by atomic mass is 10.2. The number of benzene rings is 2. The Balaban J connectivity index is 1.65. The Bertz CT molecular complexity index is 1260. The van der Waals surface area contributed by atoms with E-state index < -0.39 is 5.56 Å². The normalized spacial score (nSPS) is 11.1. The van der Waals surface area contributed by atoms with Crippen molar-refractivity contribution in [3.8, 4) is 0 Å². The molecule has 0 saturated carbocycles. The second kappa shape index (κ2) is 7.01. The molecule has 2 heterocycles. The lowest BCUT2D eigenvalue weighted by Gasteiger charge is -2.19. The number of furan rings is 1. The molecule has 1 N–H and O–H groups in total. The largest absolute Gasteiger partial charge is 0.448 e. The third kappa shape index (κ3) is 3.10. The Morgan fingerprint density at radius 2 is 2.00 bits per heavy atom. The van der Waals surface area contributed by atoms with Crippen molar-refractivity contribution < 1.29 is 9.21 Å². The number of hydrogen-bond donors (Lipinski definition) is 1. The Morgan fingerprint density at radius 1 is 1.21 bits per heavy atom. The number of nitrogens with zero attached hydrogens (tertiary/aromatic N) is 3. The summed E-state index contributed by atoms with van der Waals surface area (Å²) in [6.07, 6.45) is 1.36. The molecular weight excluding hydrogens is 380 g/mol. The van der Waals surface area contributed by atoms with Gasteiger partial charge in [0.1, 0.15) is 17.6 Å². The number of carbonyl (C=O) groups excluding carboxylic acids is 1. The number of carbonyl (C=O) groups is 1. The summed E-state index contributed by atoms with van der Waals surface area (Å²) in [5.41, 5.74) is 2.05. The number of halogens is 1. The Kier molecular flexibility index (Phi) is 4.52. The van der Waals surface area contributed by atoms with Crippen molar-refractivity contribution in [2.45, 2.75) is 6.54 Å². The van der Waals surface area contributed by atoms with Crippen molar-refractivity contribution in [2.75, 3.05) is 24.3 Å². The first-order valence-corrected chi connectivity index (χ1v) is 8.96. The van der Waals surface area contributed by atoms with Crippen LogP contribution >= 0.6 is 11.6 Å². The molecule has 0 aliphatic heterocycles. The average molecular weight is 397 g/mol. The quantitative estimate of drug-likeness (QED) is 0.571. The van der Waals surface area contributed by atoms with Crippen LogP contribution in [0.5, 0.6) is 0 Å². The fourth-order valence-corrected chi connectivity index (χ4v) is 3.49. The highest BCUT2D eigenvalue weighted by molar-refractivity contribution is 6.34. The van der Waals surface area contributed by atoms with Gasteiger partial charge in [0.25, 0.3) is 5.56 Å². The van der Waals surface area contributed by atoms with Gasteiger partial charge in [-0.05, 0) is 24.3 Å². The first kappa shape index (κ1) is 18.1. The summed E-state index contributed by atoms with van der Waals surface area (Å²) in [5, 5.41) is 4.08. The van der Waals surface area contributed by atoms with E-state index in [0.29, 0.717) is 27.5 Å². The fourth-order valence-electron chi connectivity index (χ4n) is 3.14. The first-order chi connectivity index (χ1) is 13.5. The number of aromatic nitrogens is 2. The topological polar surface area (TPSA) is 80.4 Å². The molecule has 0 bridgehead atoms. The summed E-state index contributed by atoms with van der Waals surface area (Å²) >= 11 is 6.23. The zero-order chi connectivity index (χ0) is 19.8. The maximum absolute atomic E-state index is 12.7. The third-order valence-electron chi connectivity index (χ3n) is 4.37. The van der Waals surface area contributed by atoms with E-state index in [0.717, 1.165) is 5.39 Å². The first-order valence-electron chi connectivity index (χ1n) is 8.58. The highest BCUT2D eigenvalue weighted by Gasteiger charge is 2.16. The molecule has 0 spiro atoms. The molecule has 0 atom stereocenters. The molecule has 142 valence electrons. The van der Waals surface area contributed by atoms with Gasteiger partial charge in [-0.3, -0.25) is 14.2 Å². The predicted molar refractivity (Wildman–Crippen MR) is 110 cm³/mol. The van der Waals surface area contributed by atoms with E-state index in [-0.39, 0.29) is 18.0 Å². The molecule has 7 nitrogen and oxygen atoms in total. The van der Waals surface area contributed by atoms with Crippen LogP contribution in [0.4, 0.5) is 11.4 Å². The van der Waals surface area contributed by atoms with Gasteiger partial charge in [-0.25, -0.2) is 4.98 Å². The summed E-state index contributed by atoms with van der Waals surface area (Å²) in [5.74, 6) is -0.371. The third-order valence-corrected chi connectivity index (χ3v) is 4.68. The Labute approximate surface area is 165 Å². The zero-order valence-corrected chi connectivity index (χ0v) is 16.0. The summed E-state index contributed by atoms with van der Waals surface area (Å²) in [6, 6.07) is 12.5. The predicted octanol–water partition coefficient (Wildman–Crippen LogP) is 3.50. The molecule has 8 heteroatoms. The van der Waals surface area contributed by atoms with Gasteiger partial charge in [-0.15, -0.1) is 0 Å². The lowest BCUT2D eigenvalue weighted by molar-refractivity contribution is -0.116. The minimum Gasteiger partial charge on any atom is -0.448 e. The minimum absolute atomic E-state index is 0.133. The summed E-state index contributed by atoms with van der Waals surface area (Å²) in [4.78, 5) is 31.4. The van der Waals surface area contributed by atoms with Gasteiger partial charge >= 0.3 is 0 Å². The van der Waals surface area contributed by atoms with Crippen molar-refractivity contribution in [1.82, 2.24) is 9.55 Å². The van der Waals surface area contributed by atoms with Crippen molar-refractivity contribution in [1.29, 1.82) is 0 Å². The van der Waals surface area contributed by atoms with Crippen molar-refractivity contribution in [3.05, 3.63) is 64.2 Å². The molecular formula is C20H17ClN4O3. The molecule has 0 fully saturated rings. The molecule has 0 unspecified atom stereocenters. The van der Waals surface area contributed by atoms with E-state index in [9.17, 15) is 9.59 Å². The van der Waals surface area contributed by atoms with E-state index in [2.05, 4.69) is 10.3 Å². The monoisotopic (exact) mass is 396 g/mol. The SMILES string of the molecule is CN(C)c1c(Cl)cccc1NC(=O)Cn1cnc2c(oc3ccccc32)c1=O. The number of fused-ring (bicyclic) bond motifs is 3. The molecule has 28 heavy (non-hydrogen) atoms. The molecule has 4 aromatic rings. The van der Waals surface area contributed by atoms with Gasteiger partial charge in [-0.1, -0.05) is 29.8 Å². The minimum atomic E-state index is -0.407. The van der Waals surface area contributed by atoms with E-state index in [1.807, 2.05) is 37.2 Å². The summed E-state index contributed by atoms with van der Waals surface area (Å²) in [7, 11) is 3.67. The molecule has 0 radical (unpaired) electrons. The summed E-state index contributed by atoms with van der Waals surface area (Å²) in [6.45, 7) is -0.196. The molecule has 0 aliphatic rings. The average Bonchev–Trinajstić information content (AvgIpc) is 3.03. The molecule has 2 aromatic heterocycles. The smallest absolute Gasteiger partial charge is 0.297 e. The van der Waals surface area contributed by atoms with Gasteiger partial charge in [0, 0.05) is 19.5 Å². The maximum Gasteiger partial charge on any atom is 0.297 e. The van der Waals surface area contributed by atoms with Crippen LogP contribution in [0.2, 0.25) is 5.02 Å². The van der Waals surface area contributed by atoms with E-state index in [1.54, 1.807) is 24.3 Å². The van der Waals surface area contributed by atoms with Crippen LogP contribution in [-0.4, -0.2) is 29.6 Å². The fraction of sp³-hybridized carbons (Fsp3) is 0.150. The second-order valence-electron chi connectivity index (χ2n) is 6.53. The standard InChI is InChI=1S/C20H17ClN4O3/c1-24(2)18-13(21)7-5-8-14(18)23-16(26)10-25-11-22-17-12-6-3-4-9-15(12)28-19(17)20(25)27/h3-9,11H,10H2,1-2H3,(H,23,26). The lowest BCUT2D eigenvalue weighted by Crippen LogP contribution is -2.28. The number of rotatable bonds is 4. The van der Waals surface area contributed by atoms with Crippen LogP contribution < -0.4 is 15.8 Å². The van der Waals surface area contributed by atoms with E-state index in [4.69, 9.17) is 16.0 Å². The molecule has 0 aliphatic carbocycles. The van der Waals surface area contributed by atoms with Crippen LogP contribution in [0.25, 0.3) is 22.1 Å². The number of anilines is 2. The van der Waals surface area contributed by atoms with Crippen LogP contribution in [0, 0.1) is 0 Å².